The molecule has 1 N–H and O–H groups in total. The van der Waals surface area contributed by atoms with Crippen LogP contribution in [0.15, 0.2) is 30.6 Å². The maximum atomic E-state index is 5.12. The van der Waals surface area contributed by atoms with Gasteiger partial charge in [0.05, 0.1) is 13.2 Å². The molecule has 0 amide bonds. The van der Waals surface area contributed by atoms with Gasteiger partial charge in [-0.3, -0.25) is 4.68 Å². The van der Waals surface area contributed by atoms with Crippen molar-refractivity contribution in [1.29, 1.82) is 0 Å². The molecule has 0 unspecified atom stereocenters. The largest absolute Gasteiger partial charge is 0.384 e. The van der Waals surface area contributed by atoms with Crippen LogP contribution in [0.3, 0.4) is 0 Å². The summed E-state index contributed by atoms with van der Waals surface area (Å²) in [5, 5.41) is 7.43. The molecule has 1 aromatic heterocycles. The highest BCUT2D eigenvalue weighted by molar-refractivity contribution is 5.51. The van der Waals surface area contributed by atoms with Crippen molar-refractivity contribution < 1.29 is 4.74 Å². The van der Waals surface area contributed by atoms with E-state index < -0.39 is 0 Å². The number of aryl methyl sites for hydroxylation is 1. The number of methoxy groups -OCH3 is 1. The van der Waals surface area contributed by atoms with Crippen molar-refractivity contribution in [2.45, 2.75) is 13.0 Å². The zero-order chi connectivity index (χ0) is 12.8. The molecular weight excluding hydrogens is 228 g/mol. The van der Waals surface area contributed by atoms with Gasteiger partial charge in [0, 0.05) is 19.8 Å². The van der Waals surface area contributed by atoms with Gasteiger partial charge in [-0.25, -0.2) is 4.98 Å². The summed E-state index contributed by atoms with van der Waals surface area (Å²) >= 11 is 0. The predicted molar refractivity (Wildman–Crippen MR) is 70.4 cm³/mol. The van der Waals surface area contributed by atoms with Gasteiger partial charge < -0.3 is 10.1 Å². The highest BCUT2D eigenvalue weighted by Crippen LogP contribution is 2.16. The van der Waals surface area contributed by atoms with E-state index in [0.717, 1.165) is 24.5 Å². The number of nitrogens with zero attached hydrogens (tertiary/aromatic N) is 3. The fourth-order valence-corrected chi connectivity index (χ4v) is 1.78. The predicted octanol–water partition coefficient (Wildman–Crippen LogP) is 1.62. The first kappa shape index (κ1) is 12.6. The number of hydrogen-bond donors (Lipinski definition) is 1. The molecule has 0 saturated heterocycles. The molecule has 1 aromatic carbocycles. The number of hydrogen-bond acceptors (Lipinski definition) is 4. The smallest absolute Gasteiger partial charge is 0.145 e. The average Bonchev–Trinajstić information content (AvgIpc) is 2.80. The second kappa shape index (κ2) is 6.16. The number of nitrogens with one attached hydrogen (secondary N) is 1. The summed E-state index contributed by atoms with van der Waals surface area (Å²) in [6.07, 6.45) is 2.46. The molecule has 0 aliphatic rings. The van der Waals surface area contributed by atoms with Crippen LogP contribution in [0.2, 0.25) is 0 Å². The van der Waals surface area contributed by atoms with Crippen LogP contribution in [0.4, 0.5) is 5.69 Å². The van der Waals surface area contributed by atoms with E-state index in [9.17, 15) is 0 Å². The van der Waals surface area contributed by atoms with Gasteiger partial charge in [0.25, 0.3) is 0 Å². The zero-order valence-corrected chi connectivity index (χ0v) is 10.8. The van der Waals surface area contributed by atoms with Gasteiger partial charge >= 0.3 is 0 Å². The average molecular weight is 246 g/mol. The van der Waals surface area contributed by atoms with Crippen LogP contribution in [0.1, 0.15) is 11.4 Å². The molecule has 2 rings (SSSR count). The first-order valence-electron chi connectivity index (χ1n) is 5.95. The number of rotatable bonds is 6. The lowest BCUT2D eigenvalue weighted by molar-refractivity contribution is 0.202. The molecule has 0 bridgehead atoms. The molecule has 0 aliphatic carbocycles. The van der Waals surface area contributed by atoms with Gasteiger partial charge in [-0.1, -0.05) is 18.2 Å². The lowest BCUT2D eigenvalue weighted by atomic mass is 10.1. The van der Waals surface area contributed by atoms with Crippen LogP contribution in [-0.4, -0.2) is 28.5 Å². The number of benzene rings is 1. The number of anilines is 1. The zero-order valence-electron chi connectivity index (χ0n) is 10.8. The number of ether oxygens (including phenoxy) is 1. The lowest BCUT2D eigenvalue weighted by Crippen LogP contribution is -2.08. The summed E-state index contributed by atoms with van der Waals surface area (Å²) in [5.74, 6) is 0.913. The van der Waals surface area contributed by atoms with E-state index in [-0.39, 0.29) is 0 Å². The van der Waals surface area contributed by atoms with Crippen molar-refractivity contribution in [2.75, 3.05) is 19.0 Å². The molecule has 0 saturated carbocycles. The molecule has 5 heteroatoms. The standard InChI is InChI=1S/C13H18N4O/c1-17-13(15-10-16-17)9-14-12-6-4-3-5-11(12)7-8-18-2/h3-6,10,14H,7-9H2,1-2H3. The Balaban J connectivity index is 2.02. The van der Waals surface area contributed by atoms with Crippen LogP contribution in [-0.2, 0) is 24.8 Å². The van der Waals surface area contributed by atoms with Crippen molar-refractivity contribution >= 4 is 5.69 Å². The SMILES string of the molecule is COCCc1ccccc1NCc1ncnn1C. The van der Waals surface area contributed by atoms with Gasteiger partial charge in [0.15, 0.2) is 0 Å². The second-order valence-electron chi connectivity index (χ2n) is 4.05. The molecule has 1 heterocycles. The maximum Gasteiger partial charge on any atom is 0.145 e. The summed E-state index contributed by atoms with van der Waals surface area (Å²) in [6, 6.07) is 8.24. The van der Waals surface area contributed by atoms with E-state index in [2.05, 4.69) is 27.5 Å². The van der Waals surface area contributed by atoms with Crippen molar-refractivity contribution in [1.82, 2.24) is 14.8 Å². The van der Waals surface area contributed by atoms with Gasteiger partial charge in [0.1, 0.15) is 12.2 Å². The van der Waals surface area contributed by atoms with Crippen LogP contribution < -0.4 is 5.32 Å². The van der Waals surface area contributed by atoms with E-state index in [0.29, 0.717) is 6.54 Å². The molecule has 0 fully saturated rings. The molecule has 96 valence electrons. The van der Waals surface area contributed by atoms with Crippen molar-refractivity contribution in [3.8, 4) is 0 Å². The van der Waals surface area contributed by atoms with Crippen LogP contribution in [0, 0.1) is 0 Å². The van der Waals surface area contributed by atoms with E-state index in [1.54, 1.807) is 18.1 Å². The van der Waals surface area contributed by atoms with Gasteiger partial charge in [-0.15, -0.1) is 0 Å². The molecule has 0 aliphatic heterocycles. The topological polar surface area (TPSA) is 52.0 Å². The molecule has 0 radical (unpaired) electrons. The number of aromatic nitrogens is 3. The molecule has 0 spiro atoms. The minimum atomic E-state index is 0.667. The third-order valence-corrected chi connectivity index (χ3v) is 2.83. The van der Waals surface area contributed by atoms with E-state index >= 15 is 0 Å². The normalized spacial score (nSPS) is 10.6. The second-order valence-corrected chi connectivity index (χ2v) is 4.05. The summed E-state index contributed by atoms with van der Waals surface area (Å²) in [5.41, 5.74) is 2.37. The molecule has 0 atom stereocenters. The quantitative estimate of drug-likeness (QED) is 0.841. The summed E-state index contributed by atoms with van der Waals surface area (Å²) in [4.78, 5) is 4.19. The maximum absolute atomic E-state index is 5.12. The Kier molecular flexibility index (Phi) is 4.30. The van der Waals surface area contributed by atoms with Gasteiger partial charge in [0.2, 0.25) is 0 Å². The third-order valence-electron chi connectivity index (χ3n) is 2.83. The van der Waals surface area contributed by atoms with Crippen LogP contribution in [0.5, 0.6) is 0 Å². The minimum absolute atomic E-state index is 0.667. The summed E-state index contributed by atoms with van der Waals surface area (Å²) in [7, 11) is 3.61. The minimum Gasteiger partial charge on any atom is -0.384 e. The van der Waals surface area contributed by atoms with E-state index in [1.807, 2.05) is 19.2 Å². The van der Waals surface area contributed by atoms with E-state index in [4.69, 9.17) is 4.74 Å². The Morgan fingerprint density at radius 1 is 1.33 bits per heavy atom. The first-order chi connectivity index (χ1) is 8.81. The summed E-state index contributed by atoms with van der Waals surface area (Å²) < 4.78 is 6.88. The fourth-order valence-electron chi connectivity index (χ4n) is 1.78. The Labute approximate surface area is 107 Å². The van der Waals surface area contributed by atoms with Crippen molar-refractivity contribution in [2.24, 2.45) is 7.05 Å². The summed E-state index contributed by atoms with van der Waals surface area (Å²) in [6.45, 7) is 1.39. The third kappa shape index (κ3) is 3.07. The molecule has 18 heavy (non-hydrogen) atoms. The van der Waals surface area contributed by atoms with Gasteiger partial charge in [-0.2, -0.15) is 5.10 Å². The Bertz CT molecular complexity index is 495. The Morgan fingerprint density at radius 2 is 2.17 bits per heavy atom. The highest BCUT2D eigenvalue weighted by Gasteiger charge is 2.03. The highest BCUT2D eigenvalue weighted by atomic mass is 16.5. The van der Waals surface area contributed by atoms with Gasteiger partial charge in [-0.05, 0) is 18.1 Å². The van der Waals surface area contributed by atoms with Crippen molar-refractivity contribution in [3.05, 3.63) is 42.0 Å². The molecule has 5 nitrogen and oxygen atoms in total. The van der Waals surface area contributed by atoms with Crippen LogP contribution >= 0.6 is 0 Å². The lowest BCUT2D eigenvalue weighted by Gasteiger charge is -2.11. The number of para-hydroxylation sites is 1. The Morgan fingerprint density at radius 3 is 2.89 bits per heavy atom. The van der Waals surface area contributed by atoms with E-state index in [1.165, 1.54) is 5.56 Å². The Hall–Kier alpha value is -1.88. The van der Waals surface area contributed by atoms with Crippen LogP contribution in [0.25, 0.3) is 0 Å². The molecular formula is C13H18N4O. The monoisotopic (exact) mass is 246 g/mol. The molecule has 2 aromatic rings. The van der Waals surface area contributed by atoms with Crippen molar-refractivity contribution in [3.63, 3.8) is 0 Å². The first-order valence-corrected chi connectivity index (χ1v) is 5.95. The fraction of sp³-hybridized carbons (Fsp3) is 0.385.